The number of benzene rings is 1. The molecule has 10 heteroatoms. The van der Waals surface area contributed by atoms with Crippen molar-refractivity contribution in [2.24, 2.45) is 0 Å². The summed E-state index contributed by atoms with van der Waals surface area (Å²) in [5.74, 6) is -0.738. The molecule has 1 aromatic carbocycles. The summed E-state index contributed by atoms with van der Waals surface area (Å²) in [4.78, 5) is 24.7. The van der Waals surface area contributed by atoms with Gasteiger partial charge in [-0.15, -0.1) is 11.3 Å². The minimum absolute atomic E-state index is 0.0371. The lowest BCUT2D eigenvalue weighted by Crippen LogP contribution is -2.37. The number of nitrogens with one attached hydrogen (secondary N) is 2. The molecule has 0 atom stereocenters. The summed E-state index contributed by atoms with van der Waals surface area (Å²) < 4.78 is 27.1. The summed E-state index contributed by atoms with van der Waals surface area (Å²) in [7, 11) is -3.69. The van der Waals surface area contributed by atoms with Crippen LogP contribution < -0.4 is 10.6 Å². The van der Waals surface area contributed by atoms with Gasteiger partial charge >= 0.3 is 0 Å². The Morgan fingerprint density at radius 1 is 0.966 bits per heavy atom. The molecule has 1 fully saturated rings. The molecule has 1 saturated heterocycles. The van der Waals surface area contributed by atoms with Crippen molar-refractivity contribution in [3.8, 4) is 5.75 Å². The molecule has 2 amide bonds. The minimum Gasteiger partial charge on any atom is -0.508 e. The normalized spacial score (nSPS) is 15.0. The van der Waals surface area contributed by atoms with Gasteiger partial charge in [0.05, 0.1) is 0 Å². The maximum atomic E-state index is 12.9. The number of phenolic OH excluding ortho intramolecular Hbond substituents is 1. The average molecular weight is 438 g/mol. The van der Waals surface area contributed by atoms with E-state index in [-0.39, 0.29) is 34.5 Å². The third kappa shape index (κ3) is 5.14. The standard InChI is InChI=1S/C19H23N3O5S2/c23-15-6-4-14(5-7-15)18(24)20-9-10-21-19(25)17-16(8-13-28-17)29(26,27)22-11-2-1-3-12-22/h4-8,13,23H,1-3,9-12H2,(H,20,24)(H,21,25). The number of sulfonamides is 1. The van der Waals surface area contributed by atoms with Crippen LogP contribution in [0.25, 0.3) is 0 Å². The molecule has 0 aliphatic carbocycles. The number of piperidine rings is 1. The van der Waals surface area contributed by atoms with Gasteiger partial charge < -0.3 is 15.7 Å². The van der Waals surface area contributed by atoms with Crippen LogP contribution in [0, 0.1) is 0 Å². The molecular formula is C19H23N3O5S2. The second kappa shape index (κ2) is 9.38. The van der Waals surface area contributed by atoms with Crippen molar-refractivity contribution >= 4 is 33.2 Å². The van der Waals surface area contributed by atoms with Gasteiger partial charge in [-0.1, -0.05) is 6.42 Å². The molecule has 29 heavy (non-hydrogen) atoms. The van der Waals surface area contributed by atoms with Crippen molar-refractivity contribution in [1.29, 1.82) is 0 Å². The number of nitrogens with zero attached hydrogens (tertiary/aromatic N) is 1. The molecule has 0 spiro atoms. The van der Waals surface area contributed by atoms with Gasteiger partial charge in [0.15, 0.2) is 0 Å². The van der Waals surface area contributed by atoms with Crippen LogP contribution in [0.2, 0.25) is 0 Å². The van der Waals surface area contributed by atoms with E-state index in [9.17, 15) is 23.1 Å². The first-order valence-corrected chi connectivity index (χ1v) is 11.6. The lowest BCUT2D eigenvalue weighted by molar-refractivity contribution is 0.0928. The number of thiophene rings is 1. The second-order valence-electron chi connectivity index (χ2n) is 6.64. The summed E-state index contributed by atoms with van der Waals surface area (Å²) in [6.45, 7) is 1.29. The van der Waals surface area contributed by atoms with Crippen LogP contribution >= 0.6 is 11.3 Å². The number of hydrogen-bond donors (Lipinski definition) is 3. The van der Waals surface area contributed by atoms with Crippen LogP contribution in [0.5, 0.6) is 5.75 Å². The van der Waals surface area contributed by atoms with Gasteiger partial charge in [-0.25, -0.2) is 8.42 Å². The van der Waals surface area contributed by atoms with Crippen LogP contribution in [-0.2, 0) is 10.0 Å². The van der Waals surface area contributed by atoms with E-state index in [1.807, 2.05) is 0 Å². The van der Waals surface area contributed by atoms with Crippen LogP contribution in [0.15, 0.2) is 40.6 Å². The molecule has 1 aliphatic rings. The van der Waals surface area contributed by atoms with Crippen molar-refractivity contribution in [3.05, 3.63) is 46.2 Å². The Labute approximate surface area is 173 Å². The fraction of sp³-hybridized carbons (Fsp3) is 0.368. The number of hydrogen-bond acceptors (Lipinski definition) is 6. The highest BCUT2D eigenvalue weighted by Crippen LogP contribution is 2.27. The Bertz CT molecular complexity index is 964. The lowest BCUT2D eigenvalue weighted by atomic mass is 10.2. The number of rotatable bonds is 7. The fourth-order valence-corrected chi connectivity index (χ4v) is 5.89. The topological polar surface area (TPSA) is 116 Å². The predicted octanol–water partition coefficient (Wildman–Crippen LogP) is 1.79. The van der Waals surface area contributed by atoms with Crippen LogP contribution in [-0.4, -0.2) is 55.8 Å². The monoisotopic (exact) mass is 437 g/mol. The minimum atomic E-state index is -3.69. The predicted molar refractivity (Wildman–Crippen MR) is 110 cm³/mol. The number of phenols is 1. The molecule has 1 aromatic heterocycles. The first-order valence-electron chi connectivity index (χ1n) is 9.32. The molecule has 3 rings (SSSR count). The van der Waals surface area contributed by atoms with Crippen molar-refractivity contribution < 1.29 is 23.1 Å². The van der Waals surface area contributed by atoms with Crippen molar-refractivity contribution in [1.82, 2.24) is 14.9 Å². The molecule has 8 nitrogen and oxygen atoms in total. The van der Waals surface area contributed by atoms with Gasteiger partial charge in [0.2, 0.25) is 10.0 Å². The zero-order chi connectivity index (χ0) is 20.9. The molecule has 0 unspecified atom stereocenters. The maximum Gasteiger partial charge on any atom is 0.262 e. The van der Waals surface area contributed by atoms with Crippen molar-refractivity contribution in [2.75, 3.05) is 26.2 Å². The molecule has 156 valence electrons. The Morgan fingerprint density at radius 3 is 2.24 bits per heavy atom. The molecule has 0 radical (unpaired) electrons. The third-order valence-electron chi connectivity index (χ3n) is 4.59. The molecule has 0 bridgehead atoms. The zero-order valence-electron chi connectivity index (χ0n) is 15.8. The summed E-state index contributed by atoms with van der Waals surface area (Å²) in [5.41, 5.74) is 0.391. The van der Waals surface area contributed by atoms with E-state index in [1.165, 1.54) is 34.6 Å². The van der Waals surface area contributed by atoms with Gasteiger partial charge in [-0.05, 0) is 48.6 Å². The lowest BCUT2D eigenvalue weighted by Gasteiger charge is -2.25. The van der Waals surface area contributed by atoms with E-state index in [4.69, 9.17) is 0 Å². The molecular weight excluding hydrogens is 414 g/mol. The van der Waals surface area contributed by atoms with Gasteiger partial charge in [0.25, 0.3) is 11.8 Å². The highest BCUT2D eigenvalue weighted by Gasteiger charge is 2.30. The highest BCUT2D eigenvalue weighted by molar-refractivity contribution is 7.89. The summed E-state index contributed by atoms with van der Waals surface area (Å²) >= 11 is 1.08. The first-order chi connectivity index (χ1) is 13.9. The fourth-order valence-electron chi connectivity index (χ4n) is 3.06. The van der Waals surface area contributed by atoms with E-state index in [1.54, 1.807) is 5.38 Å². The Hall–Kier alpha value is -2.43. The van der Waals surface area contributed by atoms with Crippen LogP contribution in [0.1, 0.15) is 39.3 Å². The van der Waals surface area contributed by atoms with E-state index >= 15 is 0 Å². The van der Waals surface area contributed by atoms with E-state index in [0.717, 1.165) is 30.6 Å². The summed E-state index contributed by atoms with van der Waals surface area (Å²) in [6.07, 6.45) is 2.66. The van der Waals surface area contributed by atoms with Gasteiger partial charge in [0, 0.05) is 31.7 Å². The van der Waals surface area contributed by atoms with Crippen LogP contribution in [0.4, 0.5) is 0 Å². The van der Waals surface area contributed by atoms with E-state index in [2.05, 4.69) is 10.6 Å². The van der Waals surface area contributed by atoms with Gasteiger partial charge in [-0.3, -0.25) is 9.59 Å². The molecule has 0 saturated carbocycles. The SMILES string of the molecule is O=C(NCCNC(=O)c1sccc1S(=O)(=O)N1CCCCC1)c1ccc(O)cc1. The van der Waals surface area contributed by atoms with Gasteiger partial charge in [-0.2, -0.15) is 4.31 Å². The quantitative estimate of drug-likeness (QED) is 0.571. The largest absolute Gasteiger partial charge is 0.508 e. The number of carbonyl (C=O) groups excluding carboxylic acids is 2. The zero-order valence-corrected chi connectivity index (χ0v) is 17.4. The van der Waals surface area contributed by atoms with Gasteiger partial charge in [0.1, 0.15) is 15.5 Å². The smallest absolute Gasteiger partial charge is 0.262 e. The van der Waals surface area contributed by atoms with Crippen molar-refractivity contribution in [2.45, 2.75) is 24.2 Å². The molecule has 2 aromatic rings. The number of carbonyl (C=O) groups is 2. The Morgan fingerprint density at radius 2 is 1.59 bits per heavy atom. The van der Waals surface area contributed by atoms with E-state index in [0.29, 0.717) is 18.7 Å². The highest BCUT2D eigenvalue weighted by atomic mass is 32.2. The second-order valence-corrected chi connectivity index (χ2v) is 9.46. The van der Waals surface area contributed by atoms with E-state index < -0.39 is 15.9 Å². The third-order valence-corrected chi connectivity index (χ3v) is 7.58. The molecule has 1 aliphatic heterocycles. The summed E-state index contributed by atoms with van der Waals surface area (Å²) in [5, 5.41) is 16.1. The number of aromatic hydroxyl groups is 1. The average Bonchev–Trinajstić information content (AvgIpc) is 3.23. The Kier molecular flexibility index (Phi) is 6.88. The Balaban J connectivity index is 1.54. The van der Waals surface area contributed by atoms with Crippen LogP contribution in [0.3, 0.4) is 0 Å². The summed E-state index contributed by atoms with van der Waals surface area (Å²) in [6, 6.07) is 7.28. The number of amides is 2. The molecule has 2 heterocycles. The first kappa shape index (κ1) is 21.3. The molecule has 3 N–H and O–H groups in total. The van der Waals surface area contributed by atoms with Crippen molar-refractivity contribution in [3.63, 3.8) is 0 Å². The maximum absolute atomic E-state index is 12.9.